The standard InChI is InChI=1S/C12H8BrCl2FOS/c1-17-8-4-2-3-7(16)10(8)11(14)9-5-6(13)12(15)18-9/h2-5,11H,1H3. The van der Waals surface area contributed by atoms with Gasteiger partial charge >= 0.3 is 0 Å². The summed E-state index contributed by atoms with van der Waals surface area (Å²) in [6.45, 7) is 0. The fourth-order valence-electron chi connectivity index (χ4n) is 1.57. The number of methoxy groups -OCH3 is 1. The molecular weight excluding hydrogens is 362 g/mol. The molecule has 96 valence electrons. The van der Waals surface area contributed by atoms with E-state index in [9.17, 15) is 4.39 Å². The molecule has 18 heavy (non-hydrogen) atoms. The van der Waals surface area contributed by atoms with E-state index in [1.807, 2.05) is 0 Å². The van der Waals surface area contributed by atoms with Crippen LogP contribution in [0.1, 0.15) is 15.8 Å². The van der Waals surface area contributed by atoms with E-state index >= 15 is 0 Å². The monoisotopic (exact) mass is 368 g/mol. The summed E-state index contributed by atoms with van der Waals surface area (Å²) in [6, 6.07) is 6.41. The maximum atomic E-state index is 13.9. The normalized spacial score (nSPS) is 12.5. The summed E-state index contributed by atoms with van der Waals surface area (Å²) in [5, 5.41) is -0.630. The highest BCUT2D eigenvalue weighted by atomic mass is 79.9. The van der Waals surface area contributed by atoms with Crippen LogP contribution < -0.4 is 4.74 Å². The molecule has 6 heteroatoms. The summed E-state index contributed by atoms with van der Waals surface area (Å²) in [5.41, 5.74) is 0.326. The van der Waals surface area contributed by atoms with E-state index in [1.54, 1.807) is 18.2 Å². The van der Waals surface area contributed by atoms with Crippen LogP contribution in [0.15, 0.2) is 28.7 Å². The topological polar surface area (TPSA) is 9.23 Å². The molecule has 1 aromatic carbocycles. The predicted molar refractivity (Wildman–Crippen MR) is 77.7 cm³/mol. The molecule has 0 bridgehead atoms. The summed E-state index contributed by atoms with van der Waals surface area (Å²) in [7, 11) is 1.49. The molecule has 0 aliphatic heterocycles. The molecular formula is C12H8BrCl2FOS. The van der Waals surface area contributed by atoms with Crippen LogP contribution in [0, 0.1) is 5.82 Å². The Morgan fingerprint density at radius 1 is 1.44 bits per heavy atom. The minimum absolute atomic E-state index is 0.326. The van der Waals surface area contributed by atoms with Gasteiger partial charge in [-0.05, 0) is 34.1 Å². The predicted octanol–water partition coefficient (Wildman–Crippen LogP) is 5.64. The zero-order chi connectivity index (χ0) is 13.3. The molecule has 2 rings (SSSR count). The van der Waals surface area contributed by atoms with Crippen molar-refractivity contribution in [2.24, 2.45) is 0 Å². The van der Waals surface area contributed by atoms with Gasteiger partial charge in [-0.15, -0.1) is 22.9 Å². The van der Waals surface area contributed by atoms with Crippen LogP contribution in [0.25, 0.3) is 0 Å². The molecule has 1 atom stereocenters. The van der Waals surface area contributed by atoms with Crippen molar-refractivity contribution in [3.63, 3.8) is 0 Å². The fraction of sp³-hybridized carbons (Fsp3) is 0.167. The number of halogens is 4. The second-order valence-corrected chi connectivity index (χ2v) is 6.47. The highest BCUT2D eigenvalue weighted by molar-refractivity contribution is 9.10. The first-order valence-corrected chi connectivity index (χ1v) is 7.38. The summed E-state index contributed by atoms with van der Waals surface area (Å²) < 4.78 is 20.4. The van der Waals surface area contributed by atoms with E-state index in [4.69, 9.17) is 27.9 Å². The van der Waals surface area contributed by atoms with Crippen molar-refractivity contribution in [1.82, 2.24) is 0 Å². The van der Waals surface area contributed by atoms with Gasteiger partial charge < -0.3 is 4.74 Å². The van der Waals surface area contributed by atoms with E-state index in [1.165, 1.54) is 24.5 Å². The zero-order valence-corrected chi connectivity index (χ0v) is 13.1. The number of rotatable bonds is 3. The van der Waals surface area contributed by atoms with Crippen LogP contribution in [-0.4, -0.2) is 7.11 Å². The van der Waals surface area contributed by atoms with Crippen molar-refractivity contribution in [2.75, 3.05) is 7.11 Å². The SMILES string of the molecule is COc1cccc(F)c1C(Cl)c1cc(Br)c(Cl)s1. The average molecular weight is 370 g/mol. The molecule has 0 aliphatic carbocycles. The third kappa shape index (κ3) is 2.67. The number of hydrogen-bond donors (Lipinski definition) is 0. The van der Waals surface area contributed by atoms with Crippen LogP contribution in [0.3, 0.4) is 0 Å². The lowest BCUT2D eigenvalue weighted by Gasteiger charge is -2.13. The van der Waals surface area contributed by atoms with Gasteiger partial charge in [0, 0.05) is 9.35 Å². The summed E-state index contributed by atoms with van der Waals surface area (Å²) in [5.74, 6) is 0.0330. The van der Waals surface area contributed by atoms with Gasteiger partial charge in [0.15, 0.2) is 0 Å². The summed E-state index contributed by atoms with van der Waals surface area (Å²) in [6.07, 6.45) is 0. The first-order chi connectivity index (χ1) is 8.54. The van der Waals surface area contributed by atoms with E-state index in [2.05, 4.69) is 15.9 Å². The molecule has 0 aliphatic rings. The molecule has 0 spiro atoms. The number of ether oxygens (including phenoxy) is 1. The Bertz CT molecular complexity index is 554. The third-order valence-corrected chi connectivity index (χ3v) is 5.52. The lowest BCUT2D eigenvalue weighted by molar-refractivity contribution is 0.405. The molecule has 1 heterocycles. The number of thiophene rings is 1. The second-order valence-electron chi connectivity index (χ2n) is 3.49. The van der Waals surface area contributed by atoms with Gasteiger partial charge in [0.05, 0.1) is 18.1 Å². The van der Waals surface area contributed by atoms with Crippen LogP contribution in [0.4, 0.5) is 4.39 Å². The van der Waals surface area contributed by atoms with Crippen molar-refractivity contribution >= 4 is 50.5 Å². The molecule has 0 radical (unpaired) electrons. The van der Waals surface area contributed by atoms with Gasteiger partial charge in [-0.1, -0.05) is 17.7 Å². The Morgan fingerprint density at radius 2 is 2.17 bits per heavy atom. The Labute approximate surface area is 127 Å². The van der Waals surface area contributed by atoms with Crippen molar-refractivity contribution in [2.45, 2.75) is 5.38 Å². The smallest absolute Gasteiger partial charge is 0.131 e. The van der Waals surface area contributed by atoms with E-state index in [0.29, 0.717) is 15.6 Å². The van der Waals surface area contributed by atoms with Crippen LogP contribution in [-0.2, 0) is 0 Å². The van der Waals surface area contributed by atoms with Gasteiger partial charge in [0.2, 0.25) is 0 Å². The van der Waals surface area contributed by atoms with Gasteiger partial charge in [-0.2, -0.15) is 0 Å². The number of hydrogen-bond acceptors (Lipinski definition) is 2. The van der Waals surface area contributed by atoms with Crippen LogP contribution in [0.5, 0.6) is 5.75 Å². The van der Waals surface area contributed by atoms with E-state index in [0.717, 1.165) is 9.35 Å². The maximum absolute atomic E-state index is 13.9. The molecule has 1 aromatic heterocycles. The molecule has 1 unspecified atom stereocenters. The van der Waals surface area contributed by atoms with Gasteiger partial charge in [-0.25, -0.2) is 4.39 Å². The first-order valence-electron chi connectivity index (χ1n) is 4.95. The van der Waals surface area contributed by atoms with Gasteiger partial charge in [0.25, 0.3) is 0 Å². The van der Waals surface area contributed by atoms with Crippen molar-refractivity contribution in [1.29, 1.82) is 0 Å². The molecule has 0 amide bonds. The minimum Gasteiger partial charge on any atom is -0.496 e. The zero-order valence-electron chi connectivity index (χ0n) is 9.22. The number of benzene rings is 1. The lowest BCUT2D eigenvalue weighted by atomic mass is 10.1. The highest BCUT2D eigenvalue weighted by Gasteiger charge is 2.22. The lowest BCUT2D eigenvalue weighted by Crippen LogP contribution is -1.99. The molecule has 2 aromatic rings. The Balaban J connectivity index is 2.48. The molecule has 0 fully saturated rings. The first kappa shape index (κ1) is 14.1. The van der Waals surface area contributed by atoms with Crippen molar-refractivity contribution in [3.8, 4) is 5.75 Å². The van der Waals surface area contributed by atoms with Crippen molar-refractivity contribution < 1.29 is 9.13 Å². The van der Waals surface area contributed by atoms with Gasteiger partial charge in [-0.3, -0.25) is 0 Å². The molecule has 1 nitrogen and oxygen atoms in total. The fourth-order valence-corrected chi connectivity index (χ4v) is 3.70. The van der Waals surface area contributed by atoms with Crippen LogP contribution in [0.2, 0.25) is 4.34 Å². The largest absolute Gasteiger partial charge is 0.496 e. The van der Waals surface area contributed by atoms with Crippen molar-refractivity contribution in [3.05, 3.63) is 49.3 Å². The molecule has 0 saturated heterocycles. The third-order valence-electron chi connectivity index (χ3n) is 2.40. The molecule has 0 saturated carbocycles. The quantitative estimate of drug-likeness (QED) is 0.636. The average Bonchev–Trinajstić information content (AvgIpc) is 2.68. The van der Waals surface area contributed by atoms with E-state index < -0.39 is 11.2 Å². The second kappa shape index (κ2) is 5.78. The van der Waals surface area contributed by atoms with E-state index in [-0.39, 0.29) is 0 Å². The van der Waals surface area contributed by atoms with Crippen LogP contribution >= 0.6 is 50.5 Å². The summed E-state index contributed by atoms with van der Waals surface area (Å²) >= 11 is 16.9. The Morgan fingerprint density at radius 3 is 2.72 bits per heavy atom. The van der Waals surface area contributed by atoms with Gasteiger partial charge in [0.1, 0.15) is 15.9 Å². The summed E-state index contributed by atoms with van der Waals surface area (Å²) in [4.78, 5) is 0.761. The number of alkyl halides is 1. The Hall–Kier alpha value is -0.290. The molecule has 0 N–H and O–H groups in total. The minimum atomic E-state index is -0.630. The highest BCUT2D eigenvalue weighted by Crippen LogP contribution is 2.43. The Kier molecular flexibility index (Phi) is 4.54. The maximum Gasteiger partial charge on any atom is 0.131 e.